The number of H-pyrrole nitrogens is 1. The van der Waals surface area contributed by atoms with Crippen molar-refractivity contribution in [2.45, 2.75) is 69.1 Å². The number of hydrogen-bond donors (Lipinski definition) is 10. The smallest absolute Gasteiger partial charge is 0.326 e. The summed E-state index contributed by atoms with van der Waals surface area (Å²) in [5, 5.41) is 29.9. The van der Waals surface area contributed by atoms with Gasteiger partial charge in [-0.05, 0) is 68.0 Å². The number of nitrogens with two attached hydrogens (primary N) is 3. The van der Waals surface area contributed by atoms with Crippen LogP contribution in [-0.2, 0) is 41.6 Å². The molecule has 0 saturated heterocycles. The lowest BCUT2D eigenvalue weighted by atomic mass is 10.0. The number of amides is 5. The maximum absolute atomic E-state index is 13.8. The van der Waals surface area contributed by atoms with E-state index >= 15 is 0 Å². The van der Waals surface area contributed by atoms with Crippen molar-refractivity contribution in [3.05, 3.63) is 65.9 Å². The molecule has 0 bridgehead atoms. The molecule has 2 aromatic carbocycles. The molecule has 264 valence electrons. The Morgan fingerprint density at radius 2 is 1.47 bits per heavy atom. The van der Waals surface area contributed by atoms with Gasteiger partial charge in [-0.2, -0.15) is 0 Å². The Balaban J connectivity index is 1.75. The molecular weight excluding hydrogens is 636 g/mol. The summed E-state index contributed by atoms with van der Waals surface area (Å²) in [5.41, 5.74) is 19.0. The summed E-state index contributed by atoms with van der Waals surface area (Å²) >= 11 is 0. The maximum atomic E-state index is 13.8. The van der Waals surface area contributed by atoms with Crippen molar-refractivity contribution in [3.63, 3.8) is 0 Å². The van der Waals surface area contributed by atoms with E-state index in [0.29, 0.717) is 30.5 Å². The minimum Gasteiger partial charge on any atom is -0.508 e. The number of carboxylic acids is 1. The van der Waals surface area contributed by atoms with Gasteiger partial charge in [0.25, 0.3) is 0 Å². The molecule has 0 spiro atoms. The Bertz CT molecular complexity index is 1610. The lowest BCUT2D eigenvalue weighted by molar-refractivity contribution is -0.142. The van der Waals surface area contributed by atoms with Crippen LogP contribution < -0.4 is 38.5 Å². The van der Waals surface area contributed by atoms with Gasteiger partial charge >= 0.3 is 5.97 Å². The number of carbonyl (C=O) groups is 6. The molecule has 0 aliphatic carbocycles. The Kier molecular flexibility index (Phi) is 14.5. The van der Waals surface area contributed by atoms with Crippen LogP contribution in [0.2, 0.25) is 0 Å². The number of unbranched alkanes of at least 4 members (excludes halogenated alkanes) is 1. The zero-order valence-corrected chi connectivity index (χ0v) is 26.9. The highest BCUT2D eigenvalue weighted by Gasteiger charge is 2.30. The Morgan fingerprint density at radius 3 is 2.14 bits per heavy atom. The summed E-state index contributed by atoms with van der Waals surface area (Å²) in [6.07, 6.45) is 2.38. The third-order valence-corrected chi connectivity index (χ3v) is 7.78. The van der Waals surface area contributed by atoms with E-state index in [-0.39, 0.29) is 37.9 Å². The summed E-state index contributed by atoms with van der Waals surface area (Å²) in [5.74, 6) is -4.89. The van der Waals surface area contributed by atoms with Gasteiger partial charge in [0.15, 0.2) is 0 Å². The highest BCUT2D eigenvalue weighted by Crippen LogP contribution is 2.19. The Morgan fingerprint density at radius 1 is 0.796 bits per heavy atom. The number of carboxylic acid groups (broad SMARTS) is 1. The number of aromatic nitrogens is 1. The molecule has 49 heavy (non-hydrogen) atoms. The molecule has 0 fully saturated rings. The SMILES string of the molecule is NCCCC[C@H](NC(=O)[C@H](Cc1c[nH]c2ccccc12)NC(=O)CNC(=O)[C@@H](N)Cc1ccc(O)cc1)C(=O)N[C@@H](CCC(N)=O)C(=O)O. The van der Waals surface area contributed by atoms with Crippen LogP contribution in [0.1, 0.15) is 43.2 Å². The molecule has 16 heteroatoms. The first-order chi connectivity index (χ1) is 23.4. The van der Waals surface area contributed by atoms with Crippen molar-refractivity contribution < 1.29 is 39.0 Å². The van der Waals surface area contributed by atoms with E-state index in [1.807, 2.05) is 24.3 Å². The van der Waals surface area contributed by atoms with Gasteiger partial charge in [0.2, 0.25) is 29.5 Å². The molecule has 0 saturated carbocycles. The summed E-state index contributed by atoms with van der Waals surface area (Å²) in [4.78, 5) is 78.8. The van der Waals surface area contributed by atoms with E-state index < -0.39 is 66.2 Å². The first-order valence-electron chi connectivity index (χ1n) is 15.8. The Labute approximate surface area is 282 Å². The van der Waals surface area contributed by atoms with Gasteiger partial charge in [-0.1, -0.05) is 30.3 Å². The number of carbonyl (C=O) groups excluding carboxylic acids is 5. The van der Waals surface area contributed by atoms with E-state index in [0.717, 1.165) is 10.9 Å². The highest BCUT2D eigenvalue weighted by atomic mass is 16.4. The summed E-state index contributed by atoms with van der Waals surface area (Å²) in [6, 6.07) is 8.67. The molecule has 0 radical (unpaired) electrons. The summed E-state index contributed by atoms with van der Waals surface area (Å²) < 4.78 is 0. The van der Waals surface area contributed by atoms with Crippen molar-refractivity contribution in [2.24, 2.45) is 17.2 Å². The van der Waals surface area contributed by atoms with Crippen molar-refractivity contribution in [2.75, 3.05) is 13.1 Å². The van der Waals surface area contributed by atoms with Crippen LogP contribution in [0.4, 0.5) is 0 Å². The second-order valence-corrected chi connectivity index (χ2v) is 11.6. The van der Waals surface area contributed by atoms with Crippen molar-refractivity contribution in [1.29, 1.82) is 0 Å². The summed E-state index contributed by atoms with van der Waals surface area (Å²) in [6.45, 7) is -0.178. The number of hydrogen-bond acceptors (Lipinski definition) is 9. The van der Waals surface area contributed by atoms with Gasteiger partial charge < -0.3 is 53.7 Å². The fourth-order valence-electron chi connectivity index (χ4n) is 5.10. The van der Waals surface area contributed by atoms with Crippen LogP contribution >= 0.6 is 0 Å². The predicted molar refractivity (Wildman–Crippen MR) is 180 cm³/mol. The van der Waals surface area contributed by atoms with E-state index in [4.69, 9.17) is 17.2 Å². The second-order valence-electron chi connectivity index (χ2n) is 11.6. The number of aromatic amines is 1. The van der Waals surface area contributed by atoms with Crippen LogP contribution in [0.3, 0.4) is 0 Å². The molecule has 1 heterocycles. The second kappa shape index (κ2) is 18.8. The molecule has 3 rings (SSSR count). The number of aliphatic carboxylic acids is 1. The number of rotatable bonds is 20. The van der Waals surface area contributed by atoms with Gasteiger partial charge in [0.05, 0.1) is 12.6 Å². The number of nitrogens with one attached hydrogen (secondary N) is 5. The molecule has 0 aliphatic rings. The molecule has 5 amide bonds. The van der Waals surface area contributed by atoms with Gasteiger partial charge in [-0.25, -0.2) is 4.79 Å². The number of phenols is 1. The number of para-hydroxylation sites is 1. The van der Waals surface area contributed by atoms with Gasteiger partial charge in [0.1, 0.15) is 23.9 Å². The predicted octanol–water partition coefficient (Wildman–Crippen LogP) is -0.964. The maximum Gasteiger partial charge on any atom is 0.326 e. The van der Waals surface area contributed by atoms with Crippen LogP contribution in [0.5, 0.6) is 5.75 Å². The highest BCUT2D eigenvalue weighted by molar-refractivity contribution is 5.95. The standard InChI is InChI=1S/C33H44N8O8/c34-14-4-3-7-25(31(46)41-26(33(48)49)12-13-28(36)43)40-32(47)27(16-20-17-37-24-6-2-1-5-22(20)24)39-29(44)18-38-30(45)23(35)15-19-8-10-21(42)11-9-19/h1-2,5-6,8-11,17,23,25-27,37,42H,3-4,7,12-16,18,34-35H2,(H2,36,43)(H,38,45)(H,39,44)(H,40,47)(H,41,46)(H,48,49)/t23-,25-,26-,27-/m0/s1. The van der Waals surface area contributed by atoms with E-state index in [1.54, 1.807) is 18.3 Å². The van der Waals surface area contributed by atoms with Crippen LogP contribution in [-0.4, -0.2) is 88.0 Å². The van der Waals surface area contributed by atoms with Crippen LogP contribution in [0.25, 0.3) is 10.9 Å². The average Bonchev–Trinajstić information content (AvgIpc) is 3.48. The number of primary amides is 1. The fourth-order valence-corrected chi connectivity index (χ4v) is 5.10. The monoisotopic (exact) mass is 680 g/mol. The van der Waals surface area contributed by atoms with Crippen molar-refractivity contribution >= 4 is 46.4 Å². The summed E-state index contributed by atoms with van der Waals surface area (Å²) in [7, 11) is 0. The lowest BCUT2D eigenvalue weighted by Gasteiger charge is -2.25. The average molecular weight is 681 g/mol. The fraction of sp³-hybridized carbons (Fsp3) is 0.394. The van der Waals surface area contributed by atoms with Gasteiger partial charge in [-0.15, -0.1) is 0 Å². The molecule has 3 aromatic rings. The molecule has 0 unspecified atom stereocenters. The molecule has 13 N–H and O–H groups in total. The zero-order valence-electron chi connectivity index (χ0n) is 26.9. The van der Waals surface area contributed by atoms with Crippen molar-refractivity contribution in [3.8, 4) is 5.75 Å². The first kappa shape index (κ1) is 38.0. The molecular formula is C33H44N8O8. The molecule has 1 aromatic heterocycles. The minimum absolute atomic E-state index is 0.00337. The Hall–Kier alpha value is -5.48. The van der Waals surface area contributed by atoms with E-state index in [2.05, 4.69) is 26.3 Å². The normalized spacial score (nSPS) is 13.4. The molecule has 4 atom stereocenters. The number of fused-ring (bicyclic) bond motifs is 1. The first-order valence-corrected chi connectivity index (χ1v) is 15.8. The zero-order chi connectivity index (χ0) is 35.9. The van der Waals surface area contributed by atoms with Crippen LogP contribution in [0.15, 0.2) is 54.7 Å². The number of phenolic OH excluding ortho intramolecular Hbond substituents is 1. The largest absolute Gasteiger partial charge is 0.508 e. The quantitative estimate of drug-likeness (QED) is 0.0652. The molecule has 0 aliphatic heterocycles. The van der Waals surface area contributed by atoms with Gasteiger partial charge in [0, 0.05) is 29.9 Å². The third kappa shape index (κ3) is 12.2. The minimum atomic E-state index is -1.43. The number of aromatic hydroxyl groups is 1. The van der Waals surface area contributed by atoms with Crippen molar-refractivity contribution in [1.82, 2.24) is 26.3 Å². The van der Waals surface area contributed by atoms with E-state index in [9.17, 15) is 39.0 Å². The van der Waals surface area contributed by atoms with Gasteiger partial charge in [-0.3, -0.25) is 24.0 Å². The van der Waals surface area contributed by atoms with E-state index in [1.165, 1.54) is 12.1 Å². The van der Waals surface area contributed by atoms with Crippen LogP contribution in [0, 0.1) is 0 Å². The molecule has 16 nitrogen and oxygen atoms in total. The topological polar surface area (TPSA) is 285 Å². The lowest BCUT2D eigenvalue weighted by Crippen LogP contribution is -2.57. The number of benzene rings is 2. The third-order valence-electron chi connectivity index (χ3n) is 7.78.